The first-order valence-corrected chi connectivity index (χ1v) is 16.1. The highest BCUT2D eigenvalue weighted by atomic mass is 28.3. The third-order valence-electron chi connectivity index (χ3n) is 5.78. The molecule has 0 fully saturated rings. The number of aryl methyl sites for hydroxylation is 1. The van der Waals surface area contributed by atoms with Crippen molar-refractivity contribution in [1.82, 2.24) is 0 Å². The molecule has 2 rings (SSSR count). The lowest BCUT2D eigenvalue weighted by Crippen LogP contribution is -2.29. The number of rotatable bonds is 11. The summed E-state index contributed by atoms with van der Waals surface area (Å²) in [6, 6.07) is 12.4. The number of carbonyl (C=O) groups is 2. The number of benzene rings is 2. The summed E-state index contributed by atoms with van der Waals surface area (Å²) in [5, 5.41) is 12.0. The Morgan fingerprint density at radius 2 is 1.62 bits per heavy atom. The number of unbranched alkanes of at least 4 members (excludes halogenated alkanes) is 2. The topological polar surface area (TPSA) is 84.9 Å². The molecule has 0 unspecified atom stereocenters. The van der Waals surface area contributed by atoms with Gasteiger partial charge in [0.05, 0.1) is 5.69 Å². The van der Waals surface area contributed by atoms with Gasteiger partial charge in [0, 0.05) is 24.0 Å². The van der Waals surface area contributed by atoms with Crippen LogP contribution in [-0.4, -0.2) is 31.8 Å². The Morgan fingerprint density at radius 3 is 2.16 bits per heavy atom. The van der Waals surface area contributed by atoms with Crippen molar-refractivity contribution in [3.05, 3.63) is 58.7 Å². The van der Waals surface area contributed by atoms with Gasteiger partial charge in [-0.2, -0.15) is 0 Å². The molecule has 0 spiro atoms. The SMILES string of the molecule is C[SiH](C)Oc1c(Cc2ccccc2)c(CCCCCC(=O)O)cc(NC(=O)OC(C)(C)C)c1C(C)(C)C. The fourth-order valence-electron chi connectivity index (χ4n) is 4.36. The predicted octanol–water partition coefficient (Wildman–Crippen LogP) is 7.47. The number of anilines is 1. The monoisotopic (exact) mass is 527 g/mol. The molecule has 0 aliphatic rings. The van der Waals surface area contributed by atoms with Crippen molar-refractivity contribution < 1.29 is 23.9 Å². The molecule has 37 heavy (non-hydrogen) atoms. The molecule has 0 heterocycles. The van der Waals surface area contributed by atoms with Crippen LogP contribution in [0.25, 0.3) is 0 Å². The molecule has 1 amide bonds. The largest absolute Gasteiger partial charge is 0.547 e. The smallest absolute Gasteiger partial charge is 0.412 e. The number of aliphatic carboxylic acids is 1. The maximum absolute atomic E-state index is 12.9. The average Bonchev–Trinajstić information content (AvgIpc) is 2.73. The first-order chi connectivity index (χ1) is 17.2. The van der Waals surface area contributed by atoms with E-state index < -0.39 is 26.7 Å². The van der Waals surface area contributed by atoms with Gasteiger partial charge in [0.15, 0.2) is 0 Å². The van der Waals surface area contributed by atoms with Gasteiger partial charge in [-0.3, -0.25) is 10.1 Å². The van der Waals surface area contributed by atoms with E-state index in [0.717, 1.165) is 48.1 Å². The molecule has 2 N–H and O–H groups in total. The Hall–Kier alpha value is -2.80. The molecule has 7 heteroatoms. The first-order valence-electron chi connectivity index (χ1n) is 13.3. The standard InChI is InChI=1S/C30H45NO5Si/c1-29(2,3)26-24(31-28(34)35-30(4,5)6)20-22(17-13-10-14-18-25(32)33)23(27(26)36-37(7)8)19-21-15-11-9-12-16-21/h9,11-12,15-16,20,37H,10,13-14,17-19H2,1-8H3,(H,31,34)(H,32,33). The fraction of sp³-hybridized carbons (Fsp3) is 0.533. The van der Waals surface area contributed by atoms with E-state index in [9.17, 15) is 9.59 Å². The zero-order valence-electron chi connectivity index (χ0n) is 23.9. The Bertz CT molecular complexity index is 1050. The maximum Gasteiger partial charge on any atom is 0.412 e. The van der Waals surface area contributed by atoms with Crippen molar-refractivity contribution in [1.29, 1.82) is 0 Å². The molecule has 0 saturated carbocycles. The minimum atomic E-state index is -1.50. The molecule has 0 aliphatic carbocycles. The van der Waals surface area contributed by atoms with Gasteiger partial charge in [-0.25, -0.2) is 4.79 Å². The molecule has 0 radical (unpaired) electrons. The van der Waals surface area contributed by atoms with E-state index in [1.165, 1.54) is 5.56 Å². The van der Waals surface area contributed by atoms with E-state index >= 15 is 0 Å². The third-order valence-corrected chi connectivity index (χ3v) is 6.48. The van der Waals surface area contributed by atoms with Crippen molar-refractivity contribution in [2.45, 2.75) is 104 Å². The van der Waals surface area contributed by atoms with Gasteiger partial charge < -0.3 is 14.3 Å². The minimum Gasteiger partial charge on any atom is -0.547 e. The van der Waals surface area contributed by atoms with Crippen molar-refractivity contribution >= 4 is 26.8 Å². The summed E-state index contributed by atoms with van der Waals surface area (Å²) >= 11 is 0. The Labute approximate surface area is 224 Å². The lowest BCUT2D eigenvalue weighted by Gasteiger charge is -2.31. The van der Waals surface area contributed by atoms with Crippen molar-refractivity contribution in [3.63, 3.8) is 0 Å². The van der Waals surface area contributed by atoms with Crippen LogP contribution in [0.4, 0.5) is 10.5 Å². The number of ether oxygens (including phenoxy) is 1. The van der Waals surface area contributed by atoms with Crippen molar-refractivity contribution in [2.75, 3.05) is 5.32 Å². The molecule has 0 aromatic heterocycles. The number of hydrogen-bond donors (Lipinski definition) is 2. The Kier molecular flexibility index (Phi) is 10.8. The number of carbonyl (C=O) groups excluding carboxylic acids is 1. The van der Waals surface area contributed by atoms with E-state index in [-0.39, 0.29) is 11.8 Å². The molecular formula is C30H45NO5Si. The van der Waals surface area contributed by atoms with Crippen molar-refractivity contribution in [2.24, 2.45) is 0 Å². The summed E-state index contributed by atoms with van der Waals surface area (Å²) in [6.45, 7) is 16.3. The van der Waals surface area contributed by atoms with Crippen LogP contribution in [-0.2, 0) is 27.8 Å². The molecule has 0 saturated heterocycles. The number of carboxylic acids is 1. The average molecular weight is 528 g/mol. The molecule has 6 nitrogen and oxygen atoms in total. The second-order valence-electron chi connectivity index (χ2n) is 11.9. The van der Waals surface area contributed by atoms with E-state index in [2.05, 4.69) is 57.4 Å². The molecule has 0 atom stereocenters. The van der Waals surface area contributed by atoms with Crippen LogP contribution in [0.5, 0.6) is 5.75 Å². The fourth-order valence-corrected chi connectivity index (χ4v) is 5.09. The Balaban J connectivity index is 2.65. The van der Waals surface area contributed by atoms with Gasteiger partial charge >= 0.3 is 12.1 Å². The molecule has 0 bridgehead atoms. The second kappa shape index (κ2) is 13.1. The van der Waals surface area contributed by atoms with Crippen LogP contribution in [0, 0.1) is 0 Å². The van der Waals surface area contributed by atoms with Crippen LogP contribution in [0.3, 0.4) is 0 Å². The number of nitrogens with one attached hydrogen (secondary N) is 1. The van der Waals surface area contributed by atoms with Gasteiger partial charge in [-0.05, 0) is 75.7 Å². The predicted molar refractivity (Wildman–Crippen MR) is 154 cm³/mol. The first kappa shape index (κ1) is 30.4. The highest BCUT2D eigenvalue weighted by molar-refractivity contribution is 6.49. The van der Waals surface area contributed by atoms with E-state index in [1.807, 2.05) is 39.0 Å². The summed E-state index contributed by atoms with van der Waals surface area (Å²) < 4.78 is 12.3. The van der Waals surface area contributed by atoms with Crippen LogP contribution in [0.1, 0.15) is 89.5 Å². The molecule has 0 aliphatic heterocycles. The van der Waals surface area contributed by atoms with E-state index in [4.69, 9.17) is 14.3 Å². The zero-order valence-corrected chi connectivity index (χ0v) is 25.0. The van der Waals surface area contributed by atoms with Crippen LogP contribution in [0.2, 0.25) is 13.1 Å². The summed E-state index contributed by atoms with van der Waals surface area (Å²) in [6.07, 6.45) is 3.50. The zero-order chi connectivity index (χ0) is 27.8. The number of hydrogen-bond acceptors (Lipinski definition) is 4. The minimum absolute atomic E-state index is 0.179. The number of amides is 1. The lowest BCUT2D eigenvalue weighted by molar-refractivity contribution is -0.137. The van der Waals surface area contributed by atoms with Gasteiger partial charge in [0.25, 0.3) is 0 Å². The number of carboxylic acid groups (broad SMARTS) is 1. The summed E-state index contributed by atoms with van der Waals surface area (Å²) in [7, 11) is -1.50. The molecular weight excluding hydrogens is 482 g/mol. The maximum atomic E-state index is 12.9. The van der Waals surface area contributed by atoms with Crippen molar-refractivity contribution in [3.8, 4) is 5.75 Å². The van der Waals surface area contributed by atoms with E-state index in [1.54, 1.807) is 0 Å². The Morgan fingerprint density at radius 1 is 0.973 bits per heavy atom. The molecule has 2 aromatic rings. The van der Waals surface area contributed by atoms with Gasteiger partial charge in [0.1, 0.15) is 11.4 Å². The lowest BCUT2D eigenvalue weighted by atomic mass is 9.81. The van der Waals surface area contributed by atoms with Gasteiger partial charge in [-0.1, -0.05) is 57.5 Å². The van der Waals surface area contributed by atoms with Gasteiger partial charge in [-0.15, -0.1) is 0 Å². The second-order valence-corrected chi connectivity index (χ2v) is 14.3. The quantitative estimate of drug-likeness (QED) is 0.234. The van der Waals surface area contributed by atoms with Gasteiger partial charge in [0.2, 0.25) is 9.04 Å². The third kappa shape index (κ3) is 10.2. The van der Waals surface area contributed by atoms with Crippen LogP contribution >= 0.6 is 0 Å². The normalized spacial score (nSPS) is 11.9. The van der Waals surface area contributed by atoms with Crippen LogP contribution in [0.15, 0.2) is 36.4 Å². The summed E-state index contributed by atoms with van der Waals surface area (Å²) in [4.78, 5) is 23.8. The summed E-state index contributed by atoms with van der Waals surface area (Å²) in [5.41, 5.74) is 4.22. The van der Waals surface area contributed by atoms with E-state index in [0.29, 0.717) is 12.1 Å². The highest BCUT2D eigenvalue weighted by Crippen LogP contribution is 2.43. The molecule has 204 valence electrons. The highest BCUT2D eigenvalue weighted by Gasteiger charge is 2.30. The summed E-state index contributed by atoms with van der Waals surface area (Å²) in [5.74, 6) is 0.104. The van der Waals surface area contributed by atoms with Crippen LogP contribution < -0.4 is 9.74 Å². The molecule has 2 aromatic carbocycles.